The standard InChI is InChI=1S/C24H21FN4O2S/c1-2-13-29-22(21-8-5-14-31-21)27-28-24(29)32-16-18-6-3-4-7-20(18)23(30)26-15-17-9-11-19(25)12-10-17/h2-12,14H,1,13,15-16H2,(H,26,30). The summed E-state index contributed by atoms with van der Waals surface area (Å²) in [4.78, 5) is 12.8. The number of allylic oxidation sites excluding steroid dienone is 1. The predicted octanol–water partition coefficient (Wildman–Crippen LogP) is 5.09. The number of rotatable bonds is 9. The van der Waals surface area contributed by atoms with Crippen LogP contribution in [0.15, 0.2) is 89.2 Å². The number of carbonyl (C=O) groups is 1. The third kappa shape index (κ3) is 4.97. The number of thioether (sulfide) groups is 1. The topological polar surface area (TPSA) is 73.0 Å². The molecule has 6 nitrogen and oxygen atoms in total. The van der Waals surface area contributed by atoms with Crippen LogP contribution in [0.2, 0.25) is 0 Å². The molecule has 0 fully saturated rings. The van der Waals surface area contributed by atoms with Crippen LogP contribution in [0.1, 0.15) is 21.5 Å². The second-order valence-electron chi connectivity index (χ2n) is 6.94. The number of aromatic nitrogens is 3. The first-order chi connectivity index (χ1) is 15.7. The second-order valence-corrected chi connectivity index (χ2v) is 7.88. The Morgan fingerprint density at radius 1 is 1.12 bits per heavy atom. The Morgan fingerprint density at radius 2 is 1.94 bits per heavy atom. The van der Waals surface area contributed by atoms with Gasteiger partial charge in [-0.15, -0.1) is 16.8 Å². The lowest BCUT2D eigenvalue weighted by atomic mass is 10.1. The summed E-state index contributed by atoms with van der Waals surface area (Å²) < 4.78 is 20.5. The van der Waals surface area contributed by atoms with Gasteiger partial charge in [0.1, 0.15) is 5.82 Å². The van der Waals surface area contributed by atoms with Gasteiger partial charge in [-0.3, -0.25) is 9.36 Å². The van der Waals surface area contributed by atoms with E-state index >= 15 is 0 Å². The molecule has 0 atom stereocenters. The van der Waals surface area contributed by atoms with Gasteiger partial charge in [0.05, 0.1) is 6.26 Å². The van der Waals surface area contributed by atoms with Crippen molar-refractivity contribution in [1.29, 1.82) is 0 Å². The van der Waals surface area contributed by atoms with Gasteiger partial charge in [-0.25, -0.2) is 4.39 Å². The van der Waals surface area contributed by atoms with E-state index in [2.05, 4.69) is 22.1 Å². The fourth-order valence-electron chi connectivity index (χ4n) is 3.17. The Bertz CT molecular complexity index is 1200. The molecular weight excluding hydrogens is 427 g/mol. The van der Waals surface area contributed by atoms with E-state index in [9.17, 15) is 9.18 Å². The summed E-state index contributed by atoms with van der Waals surface area (Å²) in [5.41, 5.74) is 2.29. The van der Waals surface area contributed by atoms with E-state index < -0.39 is 0 Å². The summed E-state index contributed by atoms with van der Waals surface area (Å²) >= 11 is 1.48. The van der Waals surface area contributed by atoms with Crippen LogP contribution in [-0.4, -0.2) is 20.7 Å². The van der Waals surface area contributed by atoms with Gasteiger partial charge in [0, 0.05) is 24.4 Å². The van der Waals surface area contributed by atoms with Crippen molar-refractivity contribution in [3.05, 3.63) is 102 Å². The maximum atomic E-state index is 13.1. The molecule has 32 heavy (non-hydrogen) atoms. The van der Waals surface area contributed by atoms with Gasteiger partial charge >= 0.3 is 0 Å². The zero-order valence-electron chi connectivity index (χ0n) is 17.2. The minimum atomic E-state index is -0.304. The van der Waals surface area contributed by atoms with Crippen molar-refractivity contribution in [2.24, 2.45) is 0 Å². The molecule has 0 aliphatic rings. The van der Waals surface area contributed by atoms with Crippen molar-refractivity contribution in [1.82, 2.24) is 20.1 Å². The second kappa shape index (κ2) is 10.1. The lowest BCUT2D eigenvalue weighted by molar-refractivity contribution is 0.0950. The minimum Gasteiger partial charge on any atom is -0.461 e. The van der Waals surface area contributed by atoms with Crippen molar-refractivity contribution in [3.8, 4) is 11.6 Å². The molecule has 0 bridgehead atoms. The number of nitrogens with zero attached hydrogens (tertiary/aromatic N) is 3. The fourth-order valence-corrected chi connectivity index (χ4v) is 4.12. The average Bonchev–Trinajstić information content (AvgIpc) is 3.48. The number of carbonyl (C=O) groups excluding carboxylic acids is 1. The molecule has 4 rings (SSSR count). The van der Waals surface area contributed by atoms with Crippen LogP contribution >= 0.6 is 11.8 Å². The third-order valence-electron chi connectivity index (χ3n) is 4.76. The molecule has 0 unspecified atom stereocenters. The van der Waals surface area contributed by atoms with Crippen molar-refractivity contribution in [3.63, 3.8) is 0 Å². The Kier molecular flexibility index (Phi) is 6.81. The molecule has 2 aromatic heterocycles. The Balaban J connectivity index is 1.47. The van der Waals surface area contributed by atoms with E-state index in [1.807, 2.05) is 28.8 Å². The number of nitrogens with one attached hydrogen (secondary N) is 1. The third-order valence-corrected chi connectivity index (χ3v) is 5.77. The van der Waals surface area contributed by atoms with Gasteiger partial charge in [0.15, 0.2) is 10.9 Å². The number of amides is 1. The molecular formula is C24H21FN4O2S. The van der Waals surface area contributed by atoms with Gasteiger partial charge in [0.25, 0.3) is 5.91 Å². The molecule has 8 heteroatoms. The molecule has 0 spiro atoms. The Hall–Kier alpha value is -3.65. The monoisotopic (exact) mass is 448 g/mol. The molecule has 2 aromatic carbocycles. The molecule has 0 radical (unpaired) electrons. The van der Waals surface area contributed by atoms with Gasteiger partial charge in [-0.05, 0) is 41.5 Å². The molecule has 162 valence electrons. The van der Waals surface area contributed by atoms with Gasteiger partial charge in [-0.1, -0.05) is 48.2 Å². The molecule has 0 saturated carbocycles. The highest BCUT2D eigenvalue weighted by Crippen LogP contribution is 2.27. The van der Waals surface area contributed by atoms with Crippen LogP contribution in [0.3, 0.4) is 0 Å². The summed E-state index contributed by atoms with van der Waals surface area (Å²) in [5.74, 6) is 1.30. The fraction of sp³-hybridized carbons (Fsp3) is 0.125. The predicted molar refractivity (Wildman–Crippen MR) is 121 cm³/mol. The highest BCUT2D eigenvalue weighted by molar-refractivity contribution is 7.98. The number of halogens is 1. The Labute approximate surface area is 189 Å². The van der Waals surface area contributed by atoms with Crippen LogP contribution < -0.4 is 5.32 Å². The van der Waals surface area contributed by atoms with Crippen LogP contribution in [0.5, 0.6) is 0 Å². The molecule has 0 aliphatic carbocycles. The molecule has 1 amide bonds. The van der Waals surface area contributed by atoms with E-state index in [0.717, 1.165) is 11.1 Å². The summed E-state index contributed by atoms with van der Waals surface area (Å²) in [6.07, 6.45) is 3.37. The van der Waals surface area contributed by atoms with E-state index in [1.54, 1.807) is 36.6 Å². The van der Waals surface area contributed by atoms with E-state index in [0.29, 0.717) is 41.1 Å². The highest BCUT2D eigenvalue weighted by Gasteiger charge is 2.17. The SMILES string of the molecule is C=CCn1c(SCc2ccccc2C(=O)NCc2ccc(F)cc2)nnc1-c1ccco1. The first-order valence-corrected chi connectivity index (χ1v) is 11.0. The summed E-state index contributed by atoms with van der Waals surface area (Å²) in [6.45, 7) is 4.67. The van der Waals surface area contributed by atoms with Crippen LogP contribution in [0.25, 0.3) is 11.6 Å². The minimum absolute atomic E-state index is 0.186. The maximum absolute atomic E-state index is 13.1. The van der Waals surface area contributed by atoms with E-state index in [1.165, 1.54) is 23.9 Å². The zero-order valence-corrected chi connectivity index (χ0v) is 18.0. The Morgan fingerprint density at radius 3 is 2.69 bits per heavy atom. The van der Waals surface area contributed by atoms with Gasteiger partial charge in [-0.2, -0.15) is 0 Å². The average molecular weight is 449 g/mol. The first-order valence-electron chi connectivity index (χ1n) is 9.97. The molecule has 1 N–H and O–H groups in total. The lowest BCUT2D eigenvalue weighted by Gasteiger charge is -2.11. The number of furan rings is 1. The molecule has 0 aliphatic heterocycles. The van der Waals surface area contributed by atoms with Crippen molar-refractivity contribution in [2.75, 3.05) is 0 Å². The first kappa shape index (κ1) is 21.6. The van der Waals surface area contributed by atoms with Crippen molar-refractivity contribution >= 4 is 17.7 Å². The summed E-state index contributed by atoms with van der Waals surface area (Å²) in [5, 5.41) is 12.2. The normalized spacial score (nSPS) is 10.8. The van der Waals surface area contributed by atoms with Crippen LogP contribution in [0.4, 0.5) is 4.39 Å². The summed E-state index contributed by atoms with van der Waals surface area (Å²) in [7, 11) is 0. The summed E-state index contributed by atoms with van der Waals surface area (Å²) in [6, 6.07) is 17.1. The number of benzene rings is 2. The lowest BCUT2D eigenvalue weighted by Crippen LogP contribution is -2.23. The maximum Gasteiger partial charge on any atom is 0.251 e. The largest absolute Gasteiger partial charge is 0.461 e. The molecule has 0 saturated heterocycles. The van der Waals surface area contributed by atoms with E-state index in [-0.39, 0.29) is 11.7 Å². The van der Waals surface area contributed by atoms with Gasteiger partial charge < -0.3 is 9.73 Å². The van der Waals surface area contributed by atoms with Crippen LogP contribution in [0, 0.1) is 5.82 Å². The molecule has 2 heterocycles. The number of hydrogen-bond donors (Lipinski definition) is 1. The smallest absolute Gasteiger partial charge is 0.251 e. The quantitative estimate of drug-likeness (QED) is 0.285. The number of hydrogen-bond acceptors (Lipinski definition) is 5. The highest BCUT2D eigenvalue weighted by atomic mass is 32.2. The van der Waals surface area contributed by atoms with E-state index in [4.69, 9.17) is 4.42 Å². The van der Waals surface area contributed by atoms with Crippen LogP contribution in [-0.2, 0) is 18.8 Å². The molecule has 4 aromatic rings. The van der Waals surface area contributed by atoms with Gasteiger partial charge in [0.2, 0.25) is 5.82 Å². The van der Waals surface area contributed by atoms with Crippen molar-refractivity contribution < 1.29 is 13.6 Å². The van der Waals surface area contributed by atoms with Crippen molar-refractivity contribution in [2.45, 2.75) is 24.0 Å². The zero-order chi connectivity index (χ0) is 22.3.